The fourth-order valence-electron chi connectivity index (χ4n) is 2.66. The molecule has 1 atom stereocenters. The van der Waals surface area contributed by atoms with Gasteiger partial charge in [-0.25, -0.2) is 28.0 Å². The topological polar surface area (TPSA) is 198 Å². The predicted octanol–water partition coefficient (Wildman–Crippen LogP) is -0.927. The second-order valence-corrected chi connectivity index (χ2v) is 8.13. The molecule has 0 fully saturated rings. The van der Waals surface area contributed by atoms with Gasteiger partial charge in [0.05, 0.1) is 24.0 Å². The molecule has 31 heavy (non-hydrogen) atoms. The standard InChI is InChI=1S/C17H20N8O5S/c18-31(29,30)14-3-1-11(2-4-14)20-7-13-8-25(24-23-13)9-16(26)22-15(17(27)28)5-12-6-19-10-21-12/h1-4,6,8,10,15,20H,5,7,9H2,(H,19,21)(H,22,26)(H,27,28)(H2,18,29,30). The number of primary sulfonamides is 1. The highest BCUT2D eigenvalue weighted by Gasteiger charge is 2.21. The maximum atomic E-state index is 12.2. The summed E-state index contributed by atoms with van der Waals surface area (Å²) in [5.41, 5.74) is 1.75. The number of rotatable bonds is 10. The van der Waals surface area contributed by atoms with E-state index >= 15 is 0 Å². The number of H-pyrrole nitrogens is 1. The molecule has 0 aliphatic rings. The van der Waals surface area contributed by atoms with Crippen molar-refractivity contribution in [1.29, 1.82) is 0 Å². The zero-order chi connectivity index (χ0) is 22.4. The minimum Gasteiger partial charge on any atom is -0.480 e. The van der Waals surface area contributed by atoms with Crippen LogP contribution in [0.25, 0.3) is 0 Å². The summed E-state index contributed by atoms with van der Waals surface area (Å²) < 4.78 is 23.8. The van der Waals surface area contributed by atoms with Gasteiger partial charge in [0, 0.05) is 24.0 Å². The van der Waals surface area contributed by atoms with Crippen molar-refractivity contribution in [1.82, 2.24) is 30.3 Å². The number of aromatic amines is 1. The highest BCUT2D eigenvalue weighted by Crippen LogP contribution is 2.13. The predicted molar refractivity (Wildman–Crippen MR) is 107 cm³/mol. The molecule has 0 saturated carbocycles. The quantitative estimate of drug-likeness (QED) is 0.260. The van der Waals surface area contributed by atoms with Gasteiger partial charge in [-0.15, -0.1) is 5.10 Å². The maximum Gasteiger partial charge on any atom is 0.326 e. The largest absolute Gasteiger partial charge is 0.480 e. The number of anilines is 1. The molecule has 0 radical (unpaired) electrons. The average Bonchev–Trinajstić information content (AvgIpc) is 3.37. The van der Waals surface area contributed by atoms with Gasteiger partial charge >= 0.3 is 5.97 Å². The van der Waals surface area contributed by atoms with Crippen LogP contribution in [0.4, 0.5) is 5.69 Å². The molecule has 0 aliphatic heterocycles. The molecule has 1 aromatic carbocycles. The zero-order valence-corrected chi connectivity index (χ0v) is 16.9. The Balaban J connectivity index is 1.51. The van der Waals surface area contributed by atoms with E-state index in [0.717, 1.165) is 0 Å². The summed E-state index contributed by atoms with van der Waals surface area (Å²) in [6, 6.07) is 4.76. The van der Waals surface area contributed by atoms with E-state index in [9.17, 15) is 23.1 Å². The van der Waals surface area contributed by atoms with Crippen molar-refractivity contribution in [3.63, 3.8) is 0 Å². The van der Waals surface area contributed by atoms with E-state index < -0.39 is 27.9 Å². The van der Waals surface area contributed by atoms with Crippen LogP contribution in [-0.4, -0.2) is 56.4 Å². The Morgan fingerprint density at radius 2 is 2.00 bits per heavy atom. The number of hydrogen-bond donors (Lipinski definition) is 5. The van der Waals surface area contributed by atoms with Gasteiger partial charge in [0.1, 0.15) is 18.3 Å². The van der Waals surface area contributed by atoms with E-state index in [-0.39, 0.29) is 24.4 Å². The van der Waals surface area contributed by atoms with Crippen molar-refractivity contribution >= 4 is 27.6 Å². The number of sulfonamides is 1. The van der Waals surface area contributed by atoms with Gasteiger partial charge in [0.2, 0.25) is 15.9 Å². The Kier molecular flexibility index (Phi) is 6.61. The number of aromatic nitrogens is 5. The van der Waals surface area contributed by atoms with E-state index in [1.807, 2.05) is 0 Å². The number of nitrogens with zero attached hydrogens (tertiary/aromatic N) is 4. The summed E-state index contributed by atoms with van der Waals surface area (Å²) in [6.45, 7) is 0.0662. The Morgan fingerprint density at radius 1 is 1.26 bits per heavy atom. The molecule has 13 nitrogen and oxygen atoms in total. The van der Waals surface area contributed by atoms with Gasteiger partial charge in [-0.1, -0.05) is 5.21 Å². The van der Waals surface area contributed by atoms with Crippen LogP contribution in [0.15, 0.2) is 47.9 Å². The number of hydrogen-bond acceptors (Lipinski definition) is 8. The third-order valence-electron chi connectivity index (χ3n) is 4.16. The molecule has 0 aliphatic carbocycles. The van der Waals surface area contributed by atoms with Crippen LogP contribution in [0.5, 0.6) is 0 Å². The van der Waals surface area contributed by atoms with E-state index in [1.54, 1.807) is 12.1 Å². The van der Waals surface area contributed by atoms with Gasteiger partial charge < -0.3 is 20.7 Å². The molecule has 0 saturated heterocycles. The lowest BCUT2D eigenvalue weighted by Crippen LogP contribution is -2.43. The van der Waals surface area contributed by atoms with E-state index in [2.05, 4.69) is 30.9 Å². The molecule has 0 spiro atoms. The highest BCUT2D eigenvalue weighted by molar-refractivity contribution is 7.89. The second-order valence-electron chi connectivity index (χ2n) is 6.57. The number of benzene rings is 1. The first-order valence-corrected chi connectivity index (χ1v) is 10.5. The lowest BCUT2D eigenvalue weighted by molar-refractivity contribution is -0.141. The van der Waals surface area contributed by atoms with Crippen molar-refractivity contribution in [2.24, 2.45) is 5.14 Å². The number of nitrogens with one attached hydrogen (secondary N) is 3. The van der Waals surface area contributed by atoms with Crippen LogP contribution < -0.4 is 15.8 Å². The first-order chi connectivity index (χ1) is 14.7. The number of aliphatic carboxylic acids is 1. The lowest BCUT2D eigenvalue weighted by atomic mass is 10.1. The summed E-state index contributed by atoms with van der Waals surface area (Å²) in [6.07, 6.45) is 4.52. The summed E-state index contributed by atoms with van der Waals surface area (Å²) in [5.74, 6) is -1.70. The Labute approximate surface area is 176 Å². The molecule has 2 heterocycles. The molecule has 1 unspecified atom stereocenters. The summed E-state index contributed by atoms with van der Waals surface area (Å²) >= 11 is 0. The minimum atomic E-state index is -3.76. The first-order valence-electron chi connectivity index (χ1n) is 8.96. The Hall–Kier alpha value is -3.78. The Bertz CT molecular complexity index is 1140. The normalized spacial score (nSPS) is 12.3. The zero-order valence-electron chi connectivity index (χ0n) is 16.1. The van der Waals surface area contributed by atoms with Crippen LogP contribution in [-0.2, 0) is 39.1 Å². The molecule has 2 aromatic heterocycles. The van der Waals surface area contributed by atoms with Gasteiger partial charge in [0.25, 0.3) is 0 Å². The monoisotopic (exact) mass is 448 g/mol. The lowest BCUT2D eigenvalue weighted by Gasteiger charge is -2.13. The molecule has 3 aromatic rings. The van der Waals surface area contributed by atoms with Gasteiger partial charge in [0.15, 0.2) is 0 Å². The van der Waals surface area contributed by atoms with Crippen LogP contribution >= 0.6 is 0 Å². The first kappa shape index (κ1) is 21.9. The number of imidazole rings is 1. The molecule has 14 heteroatoms. The molecule has 6 N–H and O–H groups in total. The van der Waals surface area contributed by atoms with Crippen LogP contribution in [0.2, 0.25) is 0 Å². The van der Waals surface area contributed by atoms with E-state index in [4.69, 9.17) is 5.14 Å². The fourth-order valence-corrected chi connectivity index (χ4v) is 3.17. The number of amides is 1. The highest BCUT2D eigenvalue weighted by atomic mass is 32.2. The van der Waals surface area contributed by atoms with Crippen LogP contribution in [0.3, 0.4) is 0 Å². The minimum absolute atomic E-state index is 0.00204. The van der Waals surface area contributed by atoms with Crippen molar-refractivity contribution in [2.75, 3.05) is 5.32 Å². The van der Waals surface area contributed by atoms with Gasteiger partial charge in [-0.3, -0.25) is 4.79 Å². The third kappa shape index (κ3) is 6.35. The smallest absolute Gasteiger partial charge is 0.326 e. The fraction of sp³-hybridized carbons (Fsp3) is 0.235. The van der Waals surface area contributed by atoms with Crippen molar-refractivity contribution in [2.45, 2.75) is 30.4 Å². The number of carbonyl (C=O) groups excluding carboxylic acids is 1. The number of carboxylic acid groups (broad SMARTS) is 1. The van der Waals surface area contributed by atoms with Crippen molar-refractivity contribution in [3.05, 3.63) is 54.4 Å². The van der Waals surface area contributed by atoms with E-state index in [1.165, 1.54) is 35.5 Å². The number of carboxylic acids is 1. The SMILES string of the molecule is NS(=O)(=O)c1ccc(NCc2cn(CC(=O)NC(Cc3cnc[nH]3)C(=O)O)nn2)cc1. The summed E-state index contributed by atoms with van der Waals surface area (Å²) in [7, 11) is -3.76. The molecule has 1 amide bonds. The van der Waals surface area contributed by atoms with Crippen LogP contribution in [0, 0.1) is 0 Å². The molecular formula is C17H20N8O5S. The third-order valence-corrected chi connectivity index (χ3v) is 5.09. The summed E-state index contributed by atoms with van der Waals surface area (Å²) in [4.78, 5) is 30.2. The number of carbonyl (C=O) groups is 2. The molecule has 0 bridgehead atoms. The van der Waals surface area contributed by atoms with Gasteiger partial charge in [-0.2, -0.15) is 0 Å². The summed E-state index contributed by atoms with van der Waals surface area (Å²) in [5, 5.41) is 27.6. The molecule has 164 valence electrons. The van der Waals surface area contributed by atoms with Crippen molar-refractivity contribution < 1.29 is 23.1 Å². The molecular weight excluding hydrogens is 428 g/mol. The van der Waals surface area contributed by atoms with Crippen molar-refractivity contribution in [3.8, 4) is 0 Å². The van der Waals surface area contributed by atoms with E-state index in [0.29, 0.717) is 17.1 Å². The average molecular weight is 448 g/mol. The Morgan fingerprint density at radius 3 is 2.61 bits per heavy atom. The maximum absolute atomic E-state index is 12.2. The number of nitrogens with two attached hydrogens (primary N) is 1. The van der Waals surface area contributed by atoms with Gasteiger partial charge in [-0.05, 0) is 24.3 Å². The van der Waals surface area contributed by atoms with Crippen LogP contribution in [0.1, 0.15) is 11.4 Å². The molecule has 3 rings (SSSR count). The second kappa shape index (κ2) is 9.36.